The molecule has 2 rings (SSSR count). The number of likely N-dealkylation sites (tertiary alicyclic amines) is 1. The van der Waals surface area contributed by atoms with Gasteiger partial charge >= 0.3 is 5.97 Å². The van der Waals surface area contributed by atoms with Gasteiger partial charge in [0.25, 0.3) is 0 Å². The fourth-order valence-corrected chi connectivity index (χ4v) is 3.29. The molecule has 2 aliphatic rings. The first kappa shape index (κ1) is 14.8. The lowest BCUT2D eigenvalue weighted by Crippen LogP contribution is -2.41. The van der Waals surface area contributed by atoms with Gasteiger partial charge < -0.3 is 14.7 Å². The quantitative estimate of drug-likeness (QED) is 0.854. The van der Waals surface area contributed by atoms with Crippen molar-refractivity contribution in [2.45, 2.75) is 58.7 Å². The topological polar surface area (TPSA) is 49.8 Å². The van der Waals surface area contributed by atoms with Crippen molar-refractivity contribution in [2.24, 2.45) is 11.3 Å². The lowest BCUT2D eigenvalue weighted by atomic mass is 9.75. The Bertz CT molecular complexity index is 316. The molecule has 4 heteroatoms. The second-order valence-electron chi connectivity index (χ2n) is 7.10. The van der Waals surface area contributed by atoms with Crippen LogP contribution in [-0.4, -0.2) is 47.8 Å². The van der Waals surface area contributed by atoms with Gasteiger partial charge in [-0.15, -0.1) is 0 Å². The highest BCUT2D eigenvalue weighted by molar-refractivity contribution is 5.72. The van der Waals surface area contributed by atoms with Crippen LogP contribution >= 0.6 is 0 Å². The molecule has 2 atom stereocenters. The molecule has 0 aromatic carbocycles. The number of carboxylic acids is 1. The molecule has 0 spiro atoms. The number of hydrogen-bond donors (Lipinski definition) is 1. The maximum Gasteiger partial charge on any atom is 0.332 e. The van der Waals surface area contributed by atoms with Crippen molar-refractivity contribution in [3.63, 3.8) is 0 Å². The fourth-order valence-electron chi connectivity index (χ4n) is 3.29. The molecule has 1 N–H and O–H groups in total. The Morgan fingerprint density at radius 3 is 2.32 bits per heavy atom. The second kappa shape index (κ2) is 5.80. The van der Waals surface area contributed by atoms with Gasteiger partial charge in [-0.05, 0) is 50.1 Å². The van der Waals surface area contributed by atoms with E-state index in [9.17, 15) is 4.79 Å². The van der Waals surface area contributed by atoms with Gasteiger partial charge in [-0.1, -0.05) is 20.8 Å². The number of carboxylic acid groups (broad SMARTS) is 1. The predicted octanol–water partition coefficient (Wildman–Crippen LogP) is 2.38. The fraction of sp³-hybridized carbons (Fsp3) is 0.933. The molecule has 2 heterocycles. The lowest BCUT2D eigenvalue weighted by molar-refractivity contribution is -0.149. The summed E-state index contributed by atoms with van der Waals surface area (Å²) in [6.07, 6.45) is 3.59. The van der Waals surface area contributed by atoms with E-state index in [1.54, 1.807) is 0 Å². The van der Waals surface area contributed by atoms with Crippen LogP contribution < -0.4 is 0 Å². The first-order chi connectivity index (χ1) is 8.86. The highest BCUT2D eigenvalue weighted by Crippen LogP contribution is 2.34. The van der Waals surface area contributed by atoms with Gasteiger partial charge in [0.05, 0.1) is 6.10 Å². The molecule has 2 saturated heterocycles. The Hall–Kier alpha value is -0.610. The predicted molar refractivity (Wildman–Crippen MR) is 74.1 cm³/mol. The number of rotatable bonds is 3. The summed E-state index contributed by atoms with van der Waals surface area (Å²) in [6.45, 7) is 10.1. The van der Waals surface area contributed by atoms with Crippen LogP contribution in [-0.2, 0) is 9.53 Å². The molecular formula is C15H27NO3. The Labute approximate surface area is 116 Å². The number of aliphatic carboxylic acids is 1. The molecule has 2 aliphatic heterocycles. The summed E-state index contributed by atoms with van der Waals surface area (Å²) in [5.74, 6) is -0.00560. The van der Waals surface area contributed by atoms with Crippen molar-refractivity contribution in [3.8, 4) is 0 Å². The van der Waals surface area contributed by atoms with E-state index in [1.807, 2.05) is 0 Å². The smallest absolute Gasteiger partial charge is 0.332 e. The van der Waals surface area contributed by atoms with Crippen molar-refractivity contribution < 1.29 is 14.6 Å². The minimum Gasteiger partial charge on any atom is -0.479 e. The van der Waals surface area contributed by atoms with Crippen LogP contribution in [0.3, 0.4) is 0 Å². The van der Waals surface area contributed by atoms with Crippen molar-refractivity contribution >= 4 is 5.97 Å². The summed E-state index contributed by atoms with van der Waals surface area (Å²) in [6, 6.07) is 0. The first-order valence-corrected chi connectivity index (χ1v) is 7.47. The summed E-state index contributed by atoms with van der Waals surface area (Å²) in [5.41, 5.74) is 0.407. The maximum atomic E-state index is 10.9. The highest BCUT2D eigenvalue weighted by atomic mass is 16.5. The summed E-state index contributed by atoms with van der Waals surface area (Å²) in [5, 5.41) is 8.92. The number of nitrogens with zero attached hydrogens (tertiary/aromatic N) is 1. The SMILES string of the molecule is CC(C)(C)C1CCN(CC2CCC(C(=O)O)O2)CC1. The molecule has 0 aromatic rings. The monoisotopic (exact) mass is 269 g/mol. The van der Waals surface area contributed by atoms with Crippen LogP contribution in [0.4, 0.5) is 0 Å². The molecule has 0 bridgehead atoms. The zero-order chi connectivity index (χ0) is 14.0. The van der Waals surface area contributed by atoms with E-state index in [4.69, 9.17) is 9.84 Å². The zero-order valence-corrected chi connectivity index (χ0v) is 12.4. The maximum absolute atomic E-state index is 10.9. The normalized spacial score (nSPS) is 30.7. The van der Waals surface area contributed by atoms with Gasteiger partial charge in [-0.3, -0.25) is 0 Å². The zero-order valence-electron chi connectivity index (χ0n) is 12.4. The number of piperidine rings is 1. The lowest BCUT2D eigenvalue weighted by Gasteiger charge is -2.39. The summed E-state index contributed by atoms with van der Waals surface area (Å²) >= 11 is 0. The van der Waals surface area contributed by atoms with Gasteiger partial charge in [0.15, 0.2) is 6.10 Å². The van der Waals surface area contributed by atoms with Crippen LogP contribution in [0, 0.1) is 11.3 Å². The largest absolute Gasteiger partial charge is 0.479 e. The van der Waals surface area contributed by atoms with Crippen molar-refractivity contribution in [2.75, 3.05) is 19.6 Å². The van der Waals surface area contributed by atoms with Crippen molar-refractivity contribution in [1.82, 2.24) is 4.90 Å². The molecule has 2 fully saturated rings. The third-order valence-corrected chi connectivity index (χ3v) is 4.66. The van der Waals surface area contributed by atoms with E-state index >= 15 is 0 Å². The van der Waals surface area contributed by atoms with Gasteiger partial charge in [0.1, 0.15) is 0 Å². The molecule has 2 unspecified atom stereocenters. The molecule has 0 radical (unpaired) electrons. The molecule has 0 amide bonds. The number of hydrogen-bond acceptors (Lipinski definition) is 3. The number of carbonyl (C=O) groups is 1. The number of ether oxygens (including phenoxy) is 1. The molecule has 0 aliphatic carbocycles. The van der Waals surface area contributed by atoms with Crippen LogP contribution in [0.5, 0.6) is 0 Å². The standard InChI is InChI=1S/C15H27NO3/c1-15(2,3)11-6-8-16(9-7-11)10-12-4-5-13(19-12)14(17)18/h11-13H,4-10H2,1-3H3,(H,17,18). The third kappa shape index (κ3) is 3.93. The van der Waals surface area contributed by atoms with E-state index < -0.39 is 12.1 Å². The minimum absolute atomic E-state index is 0.118. The summed E-state index contributed by atoms with van der Waals surface area (Å²) in [7, 11) is 0. The van der Waals surface area contributed by atoms with E-state index in [2.05, 4.69) is 25.7 Å². The van der Waals surface area contributed by atoms with E-state index in [0.717, 1.165) is 32.0 Å². The molecule has 110 valence electrons. The van der Waals surface area contributed by atoms with Crippen molar-refractivity contribution in [3.05, 3.63) is 0 Å². The Kier molecular flexibility index (Phi) is 4.51. The van der Waals surface area contributed by atoms with Crippen LogP contribution in [0.25, 0.3) is 0 Å². The van der Waals surface area contributed by atoms with Crippen LogP contribution in [0.1, 0.15) is 46.5 Å². The first-order valence-electron chi connectivity index (χ1n) is 7.47. The van der Waals surface area contributed by atoms with Gasteiger partial charge in [-0.25, -0.2) is 4.79 Å². The third-order valence-electron chi connectivity index (χ3n) is 4.66. The second-order valence-corrected chi connectivity index (χ2v) is 7.10. The van der Waals surface area contributed by atoms with Gasteiger partial charge in [0.2, 0.25) is 0 Å². The van der Waals surface area contributed by atoms with E-state index in [0.29, 0.717) is 11.8 Å². The molecule has 0 saturated carbocycles. The highest BCUT2D eigenvalue weighted by Gasteiger charge is 2.33. The van der Waals surface area contributed by atoms with Crippen LogP contribution in [0.15, 0.2) is 0 Å². The van der Waals surface area contributed by atoms with Crippen molar-refractivity contribution in [1.29, 1.82) is 0 Å². The summed E-state index contributed by atoms with van der Waals surface area (Å²) < 4.78 is 5.58. The minimum atomic E-state index is -0.811. The van der Waals surface area contributed by atoms with Gasteiger partial charge in [-0.2, -0.15) is 0 Å². The molecular weight excluding hydrogens is 242 g/mol. The Balaban J connectivity index is 1.73. The summed E-state index contributed by atoms with van der Waals surface area (Å²) in [4.78, 5) is 13.3. The van der Waals surface area contributed by atoms with Gasteiger partial charge in [0, 0.05) is 6.54 Å². The average molecular weight is 269 g/mol. The molecule has 19 heavy (non-hydrogen) atoms. The van der Waals surface area contributed by atoms with E-state index in [1.165, 1.54) is 12.8 Å². The van der Waals surface area contributed by atoms with Crippen LogP contribution in [0.2, 0.25) is 0 Å². The molecule has 0 aromatic heterocycles. The average Bonchev–Trinajstić information content (AvgIpc) is 2.77. The Morgan fingerprint density at radius 1 is 1.21 bits per heavy atom. The van der Waals surface area contributed by atoms with E-state index in [-0.39, 0.29) is 6.10 Å². The molecule has 4 nitrogen and oxygen atoms in total. The Morgan fingerprint density at radius 2 is 1.84 bits per heavy atom.